The SMILES string of the molecule is CCOc1cc(CNC(=O)NCc2ccn[nH]2)ccn1. The van der Waals surface area contributed by atoms with Crippen LogP contribution >= 0.6 is 0 Å². The maximum absolute atomic E-state index is 11.6. The van der Waals surface area contributed by atoms with Crippen molar-refractivity contribution < 1.29 is 9.53 Å². The number of aromatic nitrogens is 3. The quantitative estimate of drug-likeness (QED) is 0.738. The molecule has 2 rings (SSSR count). The summed E-state index contributed by atoms with van der Waals surface area (Å²) in [5, 5.41) is 12.1. The highest BCUT2D eigenvalue weighted by atomic mass is 16.5. The third-order valence-electron chi connectivity index (χ3n) is 2.54. The van der Waals surface area contributed by atoms with Crippen molar-refractivity contribution in [3.8, 4) is 5.88 Å². The van der Waals surface area contributed by atoms with Crippen molar-refractivity contribution >= 4 is 6.03 Å². The Balaban J connectivity index is 1.76. The van der Waals surface area contributed by atoms with E-state index >= 15 is 0 Å². The van der Waals surface area contributed by atoms with Gasteiger partial charge in [0.15, 0.2) is 0 Å². The number of aromatic amines is 1. The Morgan fingerprint density at radius 1 is 1.30 bits per heavy atom. The molecule has 3 N–H and O–H groups in total. The minimum atomic E-state index is -0.241. The van der Waals surface area contributed by atoms with Gasteiger partial charge in [-0.3, -0.25) is 5.10 Å². The molecule has 0 atom stereocenters. The number of hydrogen-bond acceptors (Lipinski definition) is 4. The summed E-state index contributed by atoms with van der Waals surface area (Å²) in [6, 6.07) is 5.20. The van der Waals surface area contributed by atoms with E-state index in [1.807, 2.05) is 13.0 Å². The first kappa shape index (κ1) is 13.9. The first-order chi connectivity index (χ1) is 9.78. The van der Waals surface area contributed by atoms with Gasteiger partial charge >= 0.3 is 6.03 Å². The van der Waals surface area contributed by atoms with Gasteiger partial charge in [-0.2, -0.15) is 5.10 Å². The number of H-pyrrole nitrogens is 1. The van der Waals surface area contributed by atoms with Crippen LogP contribution in [-0.4, -0.2) is 27.8 Å². The van der Waals surface area contributed by atoms with Crippen LogP contribution < -0.4 is 15.4 Å². The zero-order valence-corrected chi connectivity index (χ0v) is 11.2. The van der Waals surface area contributed by atoms with Crippen LogP contribution in [0.25, 0.3) is 0 Å². The lowest BCUT2D eigenvalue weighted by Gasteiger charge is -2.08. The summed E-state index contributed by atoms with van der Waals surface area (Å²) in [6.45, 7) is 3.29. The summed E-state index contributed by atoms with van der Waals surface area (Å²) in [5.41, 5.74) is 1.78. The molecule has 0 aromatic carbocycles. The first-order valence-electron chi connectivity index (χ1n) is 6.35. The van der Waals surface area contributed by atoms with Gasteiger partial charge in [0.1, 0.15) is 0 Å². The molecule has 2 heterocycles. The number of carbonyl (C=O) groups is 1. The molecule has 0 fully saturated rings. The largest absolute Gasteiger partial charge is 0.478 e. The van der Waals surface area contributed by atoms with Crippen molar-refractivity contribution in [3.63, 3.8) is 0 Å². The lowest BCUT2D eigenvalue weighted by Crippen LogP contribution is -2.34. The highest BCUT2D eigenvalue weighted by Crippen LogP contribution is 2.08. The normalized spacial score (nSPS) is 10.1. The minimum absolute atomic E-state index is 0.241. The summed E-state index contributed by atoms with van der Waals surface area (Å²) in [5.74, 6) is 0.560. The van der Waals surface area contributed by atoms with E-state index < -0.39 is 0 Å². The number of urea groups is 1. The maximum atomic E-state index is 11.6. The molecule has 0 aliphatic heterocycles. The van der Waals surface area contributed by atoms with Crippen molar-refractivity contribution in [1.82, 2.24) is 25.8 Å². The Morgan fingerprint density at radius 3 is 2.90 bits per heavy atom. The van der Waals surface area contributed by atoms with Gasteiger partial charge in [-0.15, -0.1) is 0 Å². The maximum Gasteiger partial charge on any atom is 0.315 e. The average molecular weight is 275 g/mol. The molecule has 0 bridgehead atoms. The van der Waals surface area contributed by atoms with Crippen LogP contribution in [0, 0.1) is 0 Å². The molecule has 7 nitrogen and oxygen atoms in total. The van der Waals surface area contributed by atoms with E-state index in [0.717, 1.165) is 11.3 Å². The second kappa shape index (κ2) is 7.13. The van der Waals surface area contributed by atoms with Gasteiger partial charge in [-0.1, -0.05) is 0 Å². The van der Waals surface area contributed by atoms with Crippen LogP contribution in [0.2, 0.25) is 0 Å². The van der Waals surface area contributed by atoms with Crippen LogP contribution in [0.15, 0.2) is 30.6 Å². The summed E-state index contributed by atoms with van der Waals surface area (Å²) < 4.78 is 5.30. The number of pyridine rings is 1. The van der Waals surface area contributed by atoms with E-state index in [2.05, 4.69) is 25.8 Å². The number of hydrogen-bond donors (Lipinski definition) is 3. The predicted molar refractivity (Wildman–Crippen MR) is 73.1 cm³/mol. The number of nitrogens with zero attached hydrogens (tertiary/aromatic N) is 2. The third-order valence-corrected chi connectivity index (χ3v) is 2.54. The van der Waals surface area contributed by atoms with E-state index in [-0.39, 0.29) is 6.03 Å². The predicted octanol–water partition coefficient (Wildman–Crippen LogP) is 1.20. The number of carbonyl (C=O) groups excluding carboxylic acids is 1. The molecule has 106 valence electrons. The molecule has 2 aromatic rings. The number of ether oxygens (including phenoxy) is 1. The molecule has 0 aliphatic carbocycles. The van der Waals surface area contributed by atoms with E-state index in [1.54, 1.807) is 24.5 Å². The number of amides is 2. The topological polar surface area (TPSA) is 91.9 Å². The summed E-state index contributed by atoms with van der Waals surface area (Å²) in [4.78, 5) is 15.7. The number of nitrogens with one attached hydrogen (secondary N) is 3. The lowest BCUT2D eigenvalue weighted by atomic mass is 10.2. The number of rotatable bonds is 6. The van der Waals surface area contributed by atoms with Crippen LogP contribution in [0.3, 0.4) is 0 Å². The molecule has 2 amide bonds. The molecular formula is C13H17N5O2. The Kier molecular flexibility index (Phi) is 4.94. The van der Waals surface area contributed by atoms with Gasteiger partial charge in [0, 0.05) is 25.0 Å². The fourth-order valence-corrected chi connectivity index (χ4v) is 1.59. The van der Waals surface area contributed by atoms with Gasteiger partial charge in [0.05, 0.1) is 18.8 Å². The summed E-state index contributed by atoms with van der Waals surface area (Å²) >= 11 is 0. The Bertz CT molecular complexity index is 541. The van der Waals surface area contributed by atoms with Crippen molar-refractivity contribution in [2.75, 3.05) is 6.61 Å². The molecule has 2 aromatic heterocycles. The molecular weight excluding hydrogens is 258 g/mol. The molecule has 0 saturated heterocycles. The lowest BCUT2D eigenvalue weighted by molar-refractivity contribution is 0.240. The highest BCUT2D eigenvalue weighted by Gasteiger charge is 2.02. The van der Waals surface area contributed by atoms with Crippen LogP contribution in [0.1, 0.15) is 18.2 Å². The molecule has 0 saturated carbocycles. The zero-order valence-electron chi connectivity index (χ0n) is 11.2. The molecule has 20 heavy (non-hydrogen) atoms. The zero-order chi connectivity index (χ0) is 14.2. The second-order valence-corrected chi connectivity index (χ2v) is 4.05. The minimum Gasteiger partial charge on any atom is -0.478 e. The average Bonchev–Trinajstić information content (AvgIpc) is 2.97. The van der Waals surface area contributed by atoms with Gasteiger partial charge in [0.25, 0.3) is 0 Å². The van der Waals surface area contributed by atoms with E-state index in [0.29, 0.717) is 25.6 Å². The fraction of sp³-hybridized carbons (Fsp3) is 0.308. The van der Waals surface area contributed by atoms with Gasteiger partial charge in [-0.05, 0) is 24.6 Å². The third kappa shape index (κ3) is 4.27. The molecule has 0 unspecified atom stereocenters. The van der Waals surface area contributed by atoms with Crippen LogP contribution in [-0.2, 0) is 13.1 Å². The Labute approximate surface area is 116 Å². The first-order valence-corrected chi connectivity index (χ1v) is 6.35. The fourth-order valence-electron chi connectivity index (χ4n) is 1.59. The molecule has 0 aliphatic rings. The van der Waals surface area contributed by atoms with Crippen molar-refractivity contribution in [3.05, 3.63) is 41.9 Å². The van der Waals surface area contributed by atoms with Crippen molar-refractivity contribution in [1.29, 1.82) is 0 Å². The summed E-state index contributed by atoms with van der Waals surface area (Å²) in [6.07, 6.45) is 3.30. The van der Waals surface area contributed by atoms with Gasteiger partial charge in [-0.25, -0.2) is 9.78 Å². The monoisotopic (exact) mass is 275 g/mol. The highest BCUT2D eigenvalue weighted by molar-refractivity contribution is 5.73. The summed E-state index contributed by atoms with van der Waals surface area (Å²) in [7, 11) is 0. The Morgan fingerprint density at radius 2 is 2.15 bits per heavy atom. The molecule has 7 heteroatoms. The van der Waals surface area contributed by atoms with Crippen molar-refractivity contribution in [2.45, 2.75) is 20.0 Å². The van der Waals surface area contributed by atoms with Gasteiger partial charge < -0.3 is 15.4 Å². The smallest absolute Gasteiger partial charge is 0.315 e. The molecule has 0 spiro atoms. The van der Waals surface area contributed by atoms with Crippen LogP contribution in [0.5, 0.6) is 5.88 Å². The Hall–Kier alpha value is -2.57. The standard InChI is InChI=1S/C13H17N5O2/c1-2-20-12-7-10(3-5-14-12)8-15-13(19)16-9-11-4-6-17-18-11/h3-7H,2,8-9H2,1H3,(H,17,18)(H2,15,16,19). The van der Waals surface area contributed by atoms with Crippen molar-refractivity contribution in [2.24, 2.45) is 0 Å². The van der Waals surface area contributed by atoms with E-state index in [4.69, 9.17) is 4.74 Å². The van der Waals surface area contributed by atoms with Crippen LogP contribution in [0.4, 0.5) is 4.79 Å². The second-order valence-electron chi connectivity index (χ2n) is 4.05. The van der Waals surface area contributed by atoms with E-state index in [1.165, 1.54) is 0 Å². The van der Waals surface area contributed by atoms with Gasteiger partial charge in [0.2, 0.25) is 5.88 Å². The van der Waals surface area contributed by atoms with E-state index in [9.17, 15) is 4.79 Å². The molecule has 0 radical (unpaired) electrons.